The van der Waals surface area contributed by atoms with Gasteiger partial charge >= 0.3 is 0 Å². The fourth-order valence-electron chi connectivity index (χ4n) is 3.46. The number of anilines is 1. The van der Waals surface area contributed by atoms with Crippen molar-refractivity contribution in [2.24, 2.45) is 0 Å². The molecule has 0 spiro atoms. The van der Waals surface area contributed by atoms with Crippen molar-refractivity contribution < 1.29 is 14.3 Å². The van der Waals surface area contributed by atoms with Crippen LogP contribution in [0.3, 0.4) is 0 Å². The lowest BCUT2D eigenvalue weighted by Crippen LogP contribution is -2.37. The number of morpholine rings is 1. The Hall–Kier alpha value is -2.90. The van der Waals surface area contributed by atoms with Crippen LogP contribution in [0.1, 0.15) is 21.6 Å². The maximum Gasteiger partial charge on any atom is 0.253 e. The van der Waals surface area contributed by atoms with Gasteiger partial charge in [-0.25, -0.2) is 4.98 Å². The molecule has 1 aromatic heterocycles. The molecule has 4 rings (SSSR count). The smallest absolute Gasteiger partial charge is 0.253 e. The average molecular weight is 424 g/mol. The van der Waals surface area contributed by atoms with Gasteiger partial charge in [0.2, 0.25) is 0 Å². The molecule has 1 fully saturated rings. The lowest BCUT2D eigenvalue weighted by molar-refractivity contribution is 0.0785. The van der Waals surface area contributed by atoms with Gasteiger partial charge in [0.05, 0.1) is 24.4 Å². The Morgan fingerprint density at radius 3 is 2.67 bits per heavy atom. The summed E-state index contributed by atoms with van der Waals surface area (Å²) >= 11 is 1.54. The van der Waals surface area contributed by atoms with Crippen molar-refractivity contribution in [3.63, 3.8) is 0 Å². The maximum absolute atomic E-state index is 12.9. The van der Waals surface area contributed by atoms with Gasteiger partial charge in [-0.2, -0.15) is 0 Å². The Balaban J connectivity index is 1.39. The highest BCUT2D eigenvalue weighted by Gasteiger charge is 2.18. The quantitative estimate of drug-likeness (QED) is 0.578. The van der Waals surface area contributed by atoms with Crippen molar-refractivity contribution in [3.05, 3.63) is 76.2 Å². The summed E-state index contributed by atoms with van der Waals surface area (Å²) in [6.07, 6.45) is 0. The van der Waals surface area contributed by atoms with Gasteiger partial charge in [-0.1, -0.05) is 18.2 Å². The number of carbonyl (C=O) groups excluding carboxylic acids is 1. The number of nitrogens with zero attached hydrogens (tertiary/aromatic N) is 3. The number of thiazole rings is 1. The van der Waals surface area contributed by atoms with Crippen LogP contribution >= 0.6 is 11.3 Å². The molecule has 0 atom stereocenters. The van der Waals surface area contributed by atoms with E-state index >= 15 is 0 Å². The molecule has 2 aromatic carbocycles. The summed E-state index contributed by atoms with van der Waals surface area (Å²) in [7, 11) is 1.84. The minimum atomic E-state index is -0.0159. The van der Waals surface area contributed by atoms with E-state index < -0.39 is 0 Å². The second-order valence-corrected chi connectivity index (χ2v) is 7.90. The van der Waals surface area contributed by atoms with E-state index in [1.165, 1.54) is 5.69 Å². The van der Waals surface area contributed by atoms with Crippen LogP contribution in [-0.4, -0.2) is 49.1 Å². The van der Waals surface area contributed by atoms with Crippen LogP contribution in [0.25, 0.3) is 0 Å². The third-order valence-electron chi connectivity index (χ3n) is 5.07. The molecule has 0 unspecified atom stereocenters. The van der Waals surface area contributed by atoms with Crippen LogP contribution < -0.4 is 9.64 Å². The summed E-state index contributed by atoms with van der Waals surface area (Å²) in [6.45, 7) is 4.19. The predicted octanol–water partition coefficient (Wildman–Crippen LogP) is 3.83. The minimum Gasteiger partial charge on any atom is -0.487 e. The van der Waals surface area contributed by atoms with E-state index in [1.807, 2.05) is 48.8 Å². The predicted molar refractivity (Wildman–Crippen MR) is 118 cm³/mol. The molecular formula is C23H25N3O3S. The van der Waals surface area contributed by atoms with Crippen LogP contribution in [0.2, 0.25) is 0 Å². The average Bonchev–Trinajstić information content (AvgIpc) is 3.32. The van der Waals surface area contributed by atoms with E-state index in [0.29, 0.717) is 18.7 Å². The zero-order chi connectivity index (χ0) is 20.8. The SMILES string of the molecule is CN(Cc1ccccc1N1CCOCC1)C(=O)c1ccc(OCc2cscn2)cc1. The lowest BCUT2D eigenvalue weighted by Gasteiger charge is -2.31. The van der Waals surface area contributed by atoms with Crippen molar-refractivity contribution in [1.82, 2.24) is 9.88 Å². The number of carbonyl (C=O) groups is 1. The first kappa shape index (κ1) is 20.4. The van der Waals surface area contributed by atoms with E-state index in [9.17, 15) is 4.79 Å². The Morgan fingerprint density at radius 1 is 1.17 bits per heavy atom. The van der Waals surface area contributed by atoms with Gasteiger partial charge in [0.25, 0.3) is 5.91 Å². The van der Waals surface area contributed by atoms with Gasteiger partial charge in [-0.05, 0) is 35.9 Å². The van der Waals surface area contributed by atoms with Crippen molar-refractivity contribution in [2.45, 2.75) is 13.2 Å². The molecule has 156 valence electrons. The molecule has 0 aliphatic carbocycles. The Labute approximate surface area is 180 Å². The van der Waals surface area contributed by atoms with Crippen molar-refractivity contribution in [3.8, 4) is 5.75 Å². The number of hydrogen-bond acceptors (Lipinski definition) is 6. The number of amides is 1. The standard InChI is InChI=1S/C23H25N3O3S/c1-25(14-19-4-2-3-5-22(19)26-10-12-28-13-11-26)23(27)18-6-8-21(9-7-18)29-15-20-16-30-17-24-20/h2-9,16-17H,10-15H2,1H3. The van der Waals surface area contributed by atoms with Crippen molar-refractivity contribution in [2.75, 3.05) is 38.3 Å². The monoisotopic (exact) mass is 423 g/mol. The Bertz CT molecular complexity index is 954. The molecule has 1 amide bonds. The van der Waals surface area contributed by atoms with Gasteiger partial charge in [0, 0.05) is 43.3 Å². The van der Waals surface area contributed by atoms with E-state index in [1.54, 1.807) is 21.7 Å². The van der Waals surface area contributed by atoms with Crippen LogP contribution in [0, 0.1) is 0 Å². The molecule has 2 heterocycles. The van der Waals surface area contributed by atoms with E-state index in [2.05, 4.69) is 22.0 Å². The zero-order valence-corrected chi connectivity index (χ0v) is 17.8. The molecule has 6 nitrogen and oxygen atoms in total. The van der Waals surface area contributed by atoms with Gasteiger partial charge in [0.1, 0.15) is 12.4 Å². The molecule has 0 saturated carbocycles. The first-order valence-corrected chi connectivity index (χ1v) is 10.9. The molecule has 1 saturated heterocycles. The third kappa shape index (κ3) is 4.98. The highest BCUT2D eigenvalue weighted by Crippen LogP contribution is 2.23. The van der Waals surface area contributed by atoms with Gasteiger partial charge in [-0.3, -0.25) is 4.79 Å². The fourth-order valence-corrected chi connectivity index (χ4v) is 4.01. The summed E-state index contributed by atoms with van der Waals surface area (Å²) in [5.74, 6) is 0.706. The van der Waals surface area contributed by atoms with Crippen molar-refractivity contribution in [1.29, 1.82) is 0 Å². The summed E-state index contributed by atoms with van der Waals surface area (Å²) in [4.78, 5) is 21.2. The van der Waals surface area contributed by atoms with Crippen LogP contribution in [0.15, 0.2) is 59.4 Å². The fraction of sp³-hybridized carbons (Fsp3) is 0.304. The van der Waals surface area contributed by atoms with Crippen LogP contribution in [0.4, 0.5) is 5.69 Å². The molecule has 7 heteroatoms. The van der Waals surface area contributed by atoms with Crippen LogP contribution in [-0.2, 0) is 17.9 Å². The summed E-state index contributed by atoms with van der Waals surface area (Å²) < 4.78 is 11.2. The number of benzene rings is 2. The van der Waals surface area contributed by atoms with E-state index in [4.69, 9.17) is 9.47 Å². The molecule has 1 aliphatic heterocycles. The number of rotatable bonds is 7. The number of ether oxygens (including phenoxy) is 2. The zero-order valence-electron chi connectivity index (χ0n) is 17.0. The van der Waals surface area contributed by atoms with Gasteiger partial charge in [-0.15, -0.1) is 11.3 Å². The maximum atomic E-state index is 12.9. The summed E-state index contributed by atoms with van der Waals surface area (Å²) in [5.41, 5.74) is 5.64. The normalized spacial score (nSPS) is 13.8. The van der Waals surface area contributed by atoms with Crippen LogP contribution in [0.5, 0.6) is 5.75 Å². The van der Waals surface area contributed by atoms with Crippen molar-refractivity contribution >= 4 is 22.9 Å². The van der Waals surface area contributed by atoms with Gasteiger partial charge in [0.15, 0.2) is 0 Å². The molecule has 1 aliphatic rings. The highest BCUT2D eigenvalue weighted by molar-refractivity contribution is 7.07. The van der Waals surface area contributed by atoms with E-state index in [-0.39, 0.29) is 5.91 Å². The second kappa shape index (κ2) is 9.73. The molecule has 30 heavy (non-hydrogen) atoms. The highest BCUT2D eigenvalue weighted by atomic mass is 32.1. The Kier molecular flexibility index (Phi) is 6.61. The molecule has 0 N–H and O–H groups in total. The second-order valence-electron chi connectivity index (χ2n) is 7.18. The molecule has 0 radical (unpaired) electrons. The largest absolute Gasteiger partial charge is 0.487 e. The molecule has 3 aromatic rings. The third-order valence-corrected chi connectivity index (χ3v) is 5.70. The van der Waals surface area contributed by atoms with E-state index in [0.717, 1.165) is 43.3 Å². The lowest BCUT2D eigenvalue weighted by atomic mass is 10.1. The number of hydrogen-bond donors (Lipinski definition) is 0. The molecule has 0 bridgehead atoms. The summed E-state index contributed by atoms with van der Waals surface area (Å²) in [6, 6.07) is 15.5. The first-order chi connectivity index (χ1) is 14.7. The minimum absolute atomic E-state index is 0.0159. The number of aromatic nitrogens is 1. The Morgan fingerprint density at radius 2 is 1.93 bits per heavy atom. The van der Waals surface area contributed by atoms with Gasteiger partial charge < -0.3 is 19.3 Å². The first-order valence-electron chi connectivity index (χ1n) is 9.97. The summed E-state index contributed by atoms with van der Waals surface area (Å²) in [5, 5.41) is 1.96. The molecular weight excluding hydrogens is 398 g/mol. The number of para-hydroxylation sites is 1. The topological polar surface area (TPSA) is 54.9 Å².